The summed E-state index contributed by atoms with van der Waals surface area (Å²) in [6.07, 6.45) is 6.08. The van der Waals surface area contributed by atoms with Crippen molar-refractivity contribution in [3.8, 4) is 5.75 Å². The van der Waals surface area contributed by atoms with Crippen LogP contribution in [0.5, 0.6) is 5.75 Å². The average Bonchev–Trinajstić information content (AvgIpc) is 2.95. The molecule has 7 heteroatoms. The highest BCUT2D eigenvalue weighted by atomic mass is 16.5. The zero-order chi connectivity index (χ0) is 19.0. The molecule has 1 aromatic carbocycles. The number of imide groups is 1. The molecule has 5 rings (SSSR count). The summed E-state index contributed by atoms with van der Waals surface area (Å²) in [7, 11) is 0. The molecule has 1 heterocycles. The van der Waals surface area contributed by atoms with Crippen molar-refractivity contribution >= 4 is 23.5 Å². The van der Waals surface area contributed by atoms with Crippen LogP contribution in [0.25, 0.3) is 0 Å². The van der Waals surface area contributed by atoms with Crippen molar-refractivity contribution in [2.45, 2.75) is 19.8 Å². The van der Waals surface area contributed by atoms with Gasteiger partial charge in [0.2, 0.25) is 11.8 Å². The predicted octanol–water partition coefficient (Wildman–Crippen LogP) is 2.36. The van der Waals surface area contributed by atoms with Gasteiger partial charge in [0.1, 0.15) is 12.4 Å². The number of carbonyl (C=O) groups excluding carboxylic acids is 3. The molecule has 4 amide bonds. The monoisotopic (exact) mass is 369 g/mol. The molecule has 1 aliphatic heterocycles. The second kappa shape index (κ2) is 7.06. The van der Waals surface area contributed by atoms with Crippen LogP contribution in [0.4, 0.5) is 10.5 Å². The number of carbonyl (C=O) groups is 3. The third-order valence-electron chi connectivity index (χ3n) is 5.67. The molecule has 7 nitrogen and oxygen atoms in total. The van der Waals surface area contributed by atoms with Crippen molar-refractivity contribution in [1.29, 1.82) is 0 Å². The van der Waals surface area contributed by atoms with E-state index < -0.39 is 6.03 Å². The number of hydrogen-bond donors (Lipinski definition) is 2. The molecule has 0 unspecified atom stereocenters. The van der Waals surface area contributed by atoms with Crippen molar-refractivity contribution in [3.05, 3.63) is 36.4 Å². The summed E-state index contributed by atoms with van der Waals surface area (Å²) in [5.74, 6) is 0.200. The van der Waals surface area contributed by atoms with Crippen LogP contribution in [0.15, 0.2) is 36.4 Å². The Hall–Kier alpha value is -2.83. The van der Waals surface area contributed by atoms with E-state index in [4.69, 9.17) is 4.74 Å². The summed E-state index contributed by atoms with van der Waals surface area (Å²) in [5.41, 5.74) is 0.603. The molecule has 4 atom stereocenters. The lowest BCUT2D eigenvalue weighted by Crippen LogP contribution is -2.43. The minimum atomic E-state index is -0.462. The standard InChI is InChI=1S/C20H23N3O4/c1-2-27-15-9-7-14(8-10-15)22-20(26)21-11-23-18(24)16-12-3-4-13(6-5-12)17(16)19(23)25/h3-4,7-10,12-13,16-17H,2,5-6,11H2,1H3,(H2,21,22,26)/t12-,13-,16+,17+/m0/s1. The Labute approximate surface area is 157 Å². The molecular formula is C20H23N3O4. The normalized spacial score (nSPS) is 28.3. The molecule has 2 bridgehead atoms. The fourth-order valence-electron chi connectivity index (χ4n) is 4.42. The van der Waals surface area contributed by atoms with Gasteiger partial charge in [0.25, 0.3) is 0 Å². The van der Waals surface area contributed by atoms with Crippen molar-refractivity contribution in [2.24, 2.45) is 23.7 Å². The molecule has 1 saturated heterocycles. The van der Waals surface area contributed by atoms with Crippen molar-refractivity contribution in [1.82, 2.24) is 10.2 Å². The largest absolute Gasteiger partial charge is 0.494 e. The lowest BCUT2D eigenvalue weighted by Gasteiger charge is -2.38. The first-order chi connectivity index (χ1) is 13.1. The SMILES string of the molecule is CCOc1ccc(NC(=O)NCN2C(=O)[C@H]3[C@H](C2=O)[C@H]2C=C[C@H]3CC2)cc1. The Bertz CT molecular complexity index is 757. The number of fused-ring (bicyclic) bond motifs is 1. The Morgan fingerprint density at radius 3 is 2.19 bits per heavy atom. The highest BCUT2D eigenvalue weighted by molar-refractivity contribution is 6.06. The third kappa shape index (κ3) is 3.18. The molecule has 2 N–H and O–H groups in total. The van der Waals surface area contributed by atoms with Crippen LogP contribution in [0, 0.1) is 23.7 Å². The van der Waals surface area contributed by atoms with Crippen LogP contribution in [-0.2, 0) is 9.59 Å². The summed E-state index contributed by atoms with van der Waals surface area (Å²) in [5, 5.41) is 5.31. The van der Waals surface area contributed by atoms with Gasteiger partial charge >= 0.3 is 6.03 Å². The summed E-state index contributed by atoms with van der Waals surface area (Å²) >= 11 is 0. The van der Waals surface area contributed by atoms with Crippen LogP contribution in [-0.4, -0.2) is 36.0 Å². The van der Waals surface area contributed by atoms with Gasteiger partial charge in [-0.1, -0.05) is 12.2 Å². The minimum Gasteiger partial charge on any atom is -0.494 e. The minimum absolute atomic E-state index is 0.104. The quantitative estimate of drug-likeness (QED) is 0.616. The molecular weight excluding hydrogens is 346 g/mol. The van der Waals surface area contributed by atoms with Crippen LogP contribution >= 0.6 is 0 Å². The zero-order valence-corrected chi connectivity index (χ0v) is 15.2. The fourth-order valence-corrected chi connectivity index (χ4v) is 4.42. The Kier molecular flexibility index (Phi) is 4.59. The summed E-state index contributed by atoms with van der Waals surface area (Å²) < 4.78 is 5.36. The maximum Gasteiger partial charge on any atom is 0.320 e. The Balaban J connectivity index is 1.34. The Morgan fingerprint density at radius 2 is 1.67 bits per heavy atom. The van der Waals surface area contributed by atoms with E-state index in [0.29, 0.717) is 12.3 Å². The van der Waals surface area contributed by atoms with E-state index >= 15 is 0 Å². The highest BCUT2D eigenvalue weighted by Gasteiger charge is 2.56. The molecule has 4 aliphatic rings. The summed E-state index contributed by atoms with van der Waals surface area (Å²) in [6.45, 7) is 2.37. The number of allylic oxidation sites excluding steroid dienone is 2. The average molecular weight is 369 g/mol. The van der Waals surface area contributed by atoms with Gasteiger partial charge in [-0.05, 0) is 55.9 Å². The molecule has 142 valence electrons. The van der Waals surface area contributed by atoms with Gasteiger partial charge in [0.05, 0.1) is 18.4 Å². The highest BCUT2D eigenvalue weighted by Crippen LogP contribution is 2.49. The van der Waals surface area contributed by atoms with E-state index in [2.05, 4.69) is 22.8 Å². The van der Waals surface area contributed by atoms with Crippen LogP contribution in [0.3, 0.4) is 0 Å². The van der Waals surface area contributed by atoms with Crippen molar-refractivity contribution in [3.63, 3.8) is 0 Å². The number of anilines is 1. The molecule has 0 radical (unpaired) electrons. The summed E-state index contributed by atoms with van der Waals surface area (Å²) in [4.78, 5) is 38.7. The first-order valence-electron chi connectivity index (χ1n) is 9.39. The third-order valence-corrected chi connectivity index (χ3v) is 5.67. The van der Waals surface area contributed by atoms with Gasteiger partial charge in [-0.15, -0.1) is 0 Å². The van der Waals surface area contributed by atoms with Crippen LogP contribution < -0.4 is 15.4 Å². The van der Waals surface area contributed by atoms with E-state index in [9.17, 15) is 14.4 Å². The smallest absolute Gasteiger partial charge is 0.320 e. The molecule has 2 fully saturated rings. The lowest BCUT2D eigenvalue weighted by molar-refractivity contribution is -0.140. The van der Waals surface area contributed by atoms with Gasteiger partial charge in [-0.25, -0.2) is 4.79 Å². The number of nitrogens with one attached hydrogen (secondary N) is 2. The number of nitrogens with zero attached hydrogens (tertiary/aromatic N) is 1. The fraction of sp³-hybridized carbons (Fsp3) is 0.450. The topological polar surface area (TPSA) is 87.7 Å². The molecule has 0 spiro atoms. The lowest BCUT2D eigenvalue weighted by atomic mass is 9.63. The van der Waals surface area contributed by atoms with Gasteiger partial charge < -0.3 is 15.4 Å². The molecule has 1 saturated carbocycles. The van der Waals surface area contributed by atoms with Crippen LogP contribution in [0.1, 0.15) is 19.8 Å². The van der Waals surface area contributed by atoms with E-state index in [1.165, 1.54) is 4.90 Å². The number of rotatable bonds is 5. The molecule has 3 aliphatic carbocycles. The number of ether oxygens (including phenoxy) is 1. The first-order valence-corrected chi connectivity index (χ1v) is 9.39. The van der Waals surface area contributed by atoms with Gasteiger partial charge in [0, 0.05) is 5.69 Å². The molecule has 27 heavy (non-hydrogen) atoms. The van der Waals surface area contributed by atoms with E-state index in [-0.39, 0.29) is 42.2 Å². The number of benzene rings is 1. The first kappa shape index (κ1) is 17.6. The second-order valence-electron chi connectivity index (χ2n) is 7.19. The van der Waals surface area contributed by atoms with Gasteiger partial charge in [0.15, 0.2) is 0 Å². The van der Waals surface area contributed by atoms with Crippen molar-refractivity contribution < 1.29 is 19.1 Å². The van der Waals surface area contributed by atoms with Crippen LogP contribution in [0.2, 0.25) is 0 Å². The number of likely N-dealkylation sites (tertiary alicyclic amines) is 1. The molecule has 0 aromatic heterocycles. The Morgan fingerprint density at radius 1 is 1.07 bits per heavy atom. The maximum absolute atomic E-state index is 12.7. The maximum atomic E-state index is 12.7. The zero-order valence-electron chi connectivity index (χ0n) is 15.2. The number of amides is 4. The number of hydrogen-bond acceptors (Lipinski definition) is 4. The van der Waals surface area contributed by atoms with E-state index in [1.807, 2.05) is 6.92 Å². The predicted molar refractivity (Wildman–Crippen MR) is 98.8 cm³/mol. The second-order valence-corrected chi connectivity index (χ2v) is 7.19. The van der Waals surface area contributed by atoms with Crippen molar-refractivity contribution in [2.75, 3.05) is 18.6 Å². The van der Waals surface area contributed by atoms with E-state index in [0.717, 1.165) is 18.6 Å². The van der Waals surface area contributed by atoms with E-state index in [1.54, 1.807) is 24.3 Å². The van der Waals surface area contributed by atoms with Gasteiger partial charge in [-0.2, -0.15) is 0 Å². The molecule has 1 aromatic rings. The van der Waals surface area contributed by atoms with Gasteiger partial charge in [-0.3, -0.25) is 14.5 Å². The number of urea groups is 1. The summed E-state index contributed by atoms with van der Waals surface area (Å²) in [6, 6.07) is 6.53.